The third kappa shape index (κ3) is 6.12. The van der Waals surface area contributed by atoms with Crippen LogP contribution in [0.3, 0.4) is 0 Å². The lowest BCUT2D eigenvalue weighted by atomic mass is 9.75. The molecule has 0 N–H and O–H groups in total. The molecular formula is C12H19Cl2F3O3S. The zero-order valence-corrected chi connectivity index (χ0v) is 13.8. The predicted octanol–water partition coefficient (Wildman–Crippen LogP) is 3.24. The van der Waals surface area contributed by atoms with Crippen molar-refractivity contribution in [1.82, 2.24) is 0 Å². The number of rotatable bonds is 8. The van der Waals surface area contributed by atoms with Gasteiger partial charge in [-0.3, -0.25) is 0 Å². The van der Waals surface area contributed by atoms with E-state index in [1.54, 1.807) is 0 Å². The average Bonchev–Trinajstić information content (AvgIpc) is 2.74. The van der Waals surface area contributed by atoms with Crippen molar-refractivity contribution in [2.24, 2.45) is 11.3 Å². The fourth-order valence-corrected chi connectivity index (χ4v) is 5.52. The molecule has 3 nitrogen and oxygen atoms in total. The Morgan fingerprint density at radius 3 is 2.24 bits per heavy atom. The van der Waals surface area contributed by atoms with Crippen LogP contribution in [-0.4, -0.2) is 51.1 Å². The van der Waals surface area contributed by atoms with Crippen molar-refractivity contribution in [1.29, 1.82) is 0 Å². The number of sulfone groups is 1. The molecule has 0 radical (unpaired) electrons. The minimum atomic E-state index is -4.34. The first kappa shape index (κ1) is 19.3. The van der Waals surface area contributed by atoms with Crippen LogP contribution in [0.1, 0.15) is 19.3 Å². The molecule has 21 heavy (non-hydrogen) atoms. The van der Waals surface area contributed by atoms with Gasteiger partial charge >= 0.3 is 6.18 Å². The molecule has 0 saturated carbocycles. The molecule has 1 aliphatic rings. The van der Waals surface area contributed by atoms with Crippen molar-refractivity contribution < 1.29 is 26.3 Å². The maximum atomic E-state index is 11.9. The van der Waals surface area contributed by atoms with Crippen LogP contribution in [-0.2, 0) is 14.6 Å². The lowest BCUT2D eigenvalue weighted by Gasteiger charge is -2.35. The van der Waals surface area contributed by atoms with Gasteiger partial charge in [-0.2, -0.15) is 13.2 Å². The summed E-state index contributed by atoms with van der Waals surface area (Å²) in [5.74, 6) is 0.416. The zero-order valence-electron chi connectivity index (χ0n) is 11.5. The van der Waals surface area contributed by atoms with E-state index < -0.39 is 28.0 Å². The molecule has 0 aromatic heterocycles. The van der Waals surface area contributed by atoms with Gasteiger partial charge in [-0.15, -0.1) is 23.2 Å². The third-order valence-corrected chi connectivity index (χ3v) is 6.69. The van der Waals surface area contributed by atoms with Crippen molar-refractivity contribution in [2.75, 3.05) is 36.5 Å². The monoisotopic (exact) mass is 370 g/mol. The summed E-state index contributed by atoms with van der Waals surface area (Å²) < 4.78 is 63.5. The van der Waals surface area contributed by atoms with Gasteiger partial charge in [-0.1, -0.05) is 0 Å². The van der Waals surface area contributed by atoms with Gasteiger partial charge < -0.3 is 4.74 Å². The van der Waals surface area contributed by atoms with Gasteiger partial charge in [-0.25, -0.2) is 8.42 Å². The number of alkyl halides is 5. The van der Waals surface area contributed by atoms with Crippen LogP contribution >= 0.6 is 23.2 Å². The van der Waals surface area contributed by atoms with E-state index in [-0.39, 0.29) is 35.8 Å². The van der Waals surface area contributed by atoms with Crippen molar-refractivity contribution >= 4 is 33.0 Å². The van der Waals surface area contributed by atoms with Crippen molar-refractivity contribution in [3.63, 3.8) is 0 Å². The van der Waals surface area contributed by atoms with Gasteiger partial charge in [0.25, 0.3) is 0 Å². The molecule has 1 unspecified atom stereocenters. The average molecular weight is 371 g/mol. The molecule has 1 fully saturated rings. The Hall–Kier alpha value is 0.280. The first-order valence-electron chi connectivity index (χ1n) is 6.61. The molecule has 0 aromatic carbocycles. The van der Waals surface area contributed by atoms with Gasteiger partial charge in [0, 0.05) is 23.8 Å². The lowest BCUT2D eigenvalue weighted by molar-refractivity contribution is -0.174. The highest BCUT2D eigenvalue weighted by Gasteiger charge is 2.43. The van der Waals surface area contributed by atoms with Crippen molar-refractivity contribution in [3.05, 3.63) is 0 Å². The summed E-state index contributed by atoms with van der Waals surface area (Å²) in [5.41, 5.74) is -0.561. The van der Waals surface area contributed by atoms with Gasteiger partial charge in [0.2, 0.25) is 0 Å². The summed E-state index contributed by atoms with van der Waals surface area (Å²) in [7, 11) is -3.05. The molecule has 0 aromatic rings. The molecule has 1 saturated heterocycles. The Balaban J connectivity index is 2.50. The molecule has 0 amide bonds. The number of hydrogen-bond acceptors (Lipinski definition) is 3. The molecule has 0 spiro atoms. The second-order valence-electron chi connectivity index (χ2n) is 5.50. The highest BCUT2D eigenvalue weighted by molar-refractivity contribution is 7.91. The molecule has 1 rings (SSSR count). The van der Waals surface area contributed by atoms with Crippen LogP contribution in [0.2, 0.25) is 0 Å². The summed E-state index contributed by atoms with van der Waals surface area (Å²) >= 11 is 12.0. The van der Waals surface area contributed by atoms with Crippen LogP contribution in [0.25, 0.3) is 0 Å². The zero-order chi connectivity index (χ0) is 16.1. The minimum absolute atomic E-state index is 0.0471. The van der Waals surface area contributed by atoms with E-state index in [1.165, 1.54) is 0 Å². The molecule has 0 aliphatic carbocycles. The molecular weight excluding hydrogens is 352 g/mol. The first-order chi connectivity index (χ1) is 9.64. The second-order valence-corrected chi connectivity index (χ2v) is 8.26. The maximum Gasteiger partial charge on any atom is 0.411 e. The van der Waals surface area contributed by atoms with E-state index in [4.69, 9.17) is 23.2 Å². The van der Waals surface area contributed by atoms with Crippen molar-refractivity contribution in [3.8, 4) is 0 Å². The lowest BCUT2D eigenvalue weighted by Crippen LogP contribution is -2.36. The summed E-state index contributed by atoms with van der Waals surface area (Å²) in [4.78, 5) is 0. The smallest absolute Gasteiger partial charge is 0.372 e. The maximum absolute atomic E-state index is 11.9. The van der Waals surface area contributed by atoms with Crippen LogP contribution in [0.4, 0.5) is 13.2 Å². The van der Waals surface area contributed by atoms with Crippen LogP contribution in [0.5, 0.6) is 0 Å². The number of hydrogen-bond donors (Lipinski definition) is 0. The standard InChI is InChI=1S/C12H19Cl2F3O3S/c13-7-11(8-14,10-2-5-21(18,19)6-10)3-1-4-20-9-12(15,16)17/h10H,1-9H2. The van der Waals surface area contributed by atoms with Gasteiger partial charge in [0.1, 0.15) is 6.61 Å². The normalized spacial score (nSPS) is 22.6. The summed E-state index contributed by atoms with van der Waals surface area (Å²) in [5, 5.41) is 0. The van der Waals surface area contributed by atoms with Crippen LogP contribution in [0.15, 0.2) is 0 Å². The number of ether oxygens (including phenoxy) is 1. The van der Waals surface area contributed by atoms with E-state index >= 15 is 0 Å². The van der Waals surface area contributed by atoms with E-state index in [0.717, 1.165) is 0 Å². The van der Waals surface area contributed by atoms with Gasteiger partial charge in [-0.05, 0) is 25.2 Å². The van der Waals surface area contributed by atoms with Gasteiger partial charge in [0.05, 0.1) is 11.5 Å². The Labute approximate surface area is 133 Å². The first-order valence-corrected chi connectivity index (χ1v) is 9.50. The molecule has 0 bridgehead atoms. The largest absolute Gasteiger partial charge is 0.411 e. The Bertz CT molecular complexity index is 422. The third-order valence-electron chi connectivity index (χ3n) is 3.86. The molecule has 126 valence electrons. The van der Waals surface area contributed by atoms with E-state index in [0.29, 0.717) is 19.3 Å². The van der Waals surface area contributed by atoms with Crippen molar-refractivity contribution in [2.45, 2.75) is 25.4 Å². The summed E-state index contributed by atoms with van der Waals surface area (Å²) in [6, 6.07) is 0. The summed E-state index contributed by atoms with van der Waals surface area (Å²) in [6.45, 7) is -1.33. The SMILES string of the molecule is O=S1(=O)CCC(C(CCl)(CCl)CCCOCC(F)(F)F)C1. The fourth-order valence-electron chi connectivity index (χ4n) is 2.58. The Morgan fingerprint density at radius 2 is 1.81 bits per heavy atom. The molecule has 1 aliphatic heterocycles. The summed E-state index contributed by atoms with van der Waals surface area (Å²) in [6.07, 6.45) is -3.01. The van der Waals surface area contributed by atoms with E-state index in [2.05, 4.69) is 4.74 Å². The minimum Gasteiger partial charge on any atom is -0.372 e. The van der Waals surface area contributed by atoms with E-state index in [9.17, 15) is 21.6 Å². The predicted molar refractivity (Wildman–Crippen MR) is 76.7 cm³/mol. The quantitative estimate of drug-likeness (QED) is 0.486. The highest BCUT2D eigenvalue weighted by Crippen LogP contribution is 2.42. The van der Waals surface area contributed by atoms with E-state index in [1.807, 2.05) is 0 Å². The highest BCUT2D eigenvalue weighted by atomic mass is 35.5. The molecule has 1 heterocycles. The van der Waals surface area contributed by atoms with Gasteiger partial charge in [0.15, 0.2) is 9.84 Å². The molecule has 1 atom stereocenters. The van der Waals surface area contributed by atoms with Crippen LogP contribution < -0.4 is 0 Å². The van der Waals surface area contributed by atoms with Crippen LogP contribution in [0, 0.1) is 11.3 Å². The number of halogens is 5. The Morgan fingerprint density at radius 1 is 1.19 bits per heavy atom. The molecule has 9 heteroatoms. The fraction of sp³-hybridized carbons (Fsp3) is 1.00. The Kier molecular flexibility index (Phi) is 7.09. The second kappa shape index (κ2) is 7.70. The topological polar surface area (TPSA) is 43.4 Å².